The summed E-state index contributed by atoms with van der Waals surface area (Å²) in [5, 5.41) is 31.4. The standard InChI is InChI=1S/C17H30O3/c1-4-10-14(19)7-12-16-9(3)13(18)6-11(16)8(2)5-15(20)17(10)12/h8-20H,4-7H2,1-3H3/t8?,9?,10-,11+,12-,13+,14?,15+,16+,17+/m1/s1. The smallest absolute Gasteiger partial charge is 0.0577 e. The fraction of sp³-hybridized carbons (Fsp3) is 1.00. The molecule has 0 aromatic carbocycles. The maximum atomic E-state index is 10.7. The zero-order chi connectivity index (χ0) is 14.6. The van der Waals surface area contributed by atoms with Crippen LogP contribution < -0.4 is 0 Å². The molecule has 3 nitrogen and oxygen atoms in total. The fourth-order valence-corrected chi connectivity index (χ4v) is 6.04. The molecule has 0 radical (unpaired) electrons. The van der Waals surface area contributed by atoms with E-state index in [1.54, 1.807) is 0 Å². The van der Waals surface area contributed by atoms with E-state index < -0.39 is 0 Å². The van der Waals surface area contributed by atoms with E-state index in [1.807, 2.05) is 0 Å². The molecule has 0 heterocycles. The fourth-order valence-electron chi connectivity index (χ4n) is 6.04. The second kappa shape index (κ2) is 5.26. The normalized spacial score (nSPS) is 59.1. The molecule has 20 heavy (non-hydrogen) atoms. The Kier molecular flexibility index (Phi) is 3.89. The maximum absolute atomic E-state index is 10.7. The summed E-state index contributed by atoms with van der Waals surface area (Å²) in [6, 6.07) is 0. The molecular weight excluding hydrogens is 252 g/mol. The number of aliphatic hydroxyl groups is 3. The van der Waals surface area contributed by atoms with Crippen LogP contribution in [0.2, 0.25) is 0 Å². The number of aliphatic hydroxyl groups excluding tert-OH is 3. The number of hydrogen-bond donors (Lipinski definition) is 3. The molecule has 0 amide bonds. The summed E-state index contributed by atoms with van der Waals surface area (Å²) in [5.41, 5.74) is 0. The van der Waals surface area contributed by atoms with E-state index >= 15 is 0 Å². The minimum absolute atomic E-state index is 0.193. The van der Waals surface area contributed by atoms with Gasteiger partial charge in [0.25, 0.3) is 0 Å². The molecule has 0 aromatic heterocycles. The van der Waals surface area contributed by atoms with Crippen LogP contribution in [-0.2, 0) is 0 Å². The van der Waals surface area contributed by atoms with Crippen LogP contribution >= 0.6 is 0 Å². The second-order valence-corrected chi connectivity index (χ2v) is 7.80. The summed E-state index contributed by atoms with van der Waals surface area (Å²) in [7, 11) is 0. The molecule has 10 atom stereocenters. The van der Waals surface area contributed by atoms with Crippen LogP contribution in [0.3, 0.4) is 0 Å². The summed E-state index contributed by atoms with van der Waals surface area (Å²) in [6.07, 6.45) is 2.77. The molecule has 3 saturated carbocycles. The summed E-state index contributed by atoms with van der Waals surface area (Å²) in [5.74, 6) is 2.66. The first-order valence-electron chi connectivity index (χ1n) is 8.49. The Balaban J connectivity index is 1.95. The SMILES string of the molecule is CC[C@@H]1C(O)C[C@@H]2[C@H]3C(C)[C@@H](O)C[C@H]3C(C)C[C@H](O)[C@H]21. The first-order chi connectivity index (χ1) is 9.45. The highest BCUT2D eigenvalue weighted by atomic mass is 16.3. The molecule has 3 unspecified atom stereocenters. The van der Waals surface area contributed by atoms with Gasteiger partial charge in [0.15, 0.2) is 0 Å². The third kappa shape index (κ3) is 2.05. The zero-order valence-corrected chi connectivity index (χ0v) is 12.9. The van der Waals surface area contributed by atoms with Crippen LogP contribution in [0.1, 0.15) is 46.5 Å². The van der Waals surface area contributed by atoms with Gasteiger partial charge >= 0.3 is 0 Å². The van der Waals surface area contributed by atoms with Gasteiger partial charge in [0.05, 0.1) is 18.3 Å². The molecule has 3 fully saturated rings. The van der Waals surface area contributed by atoms with Gasteiger partial charge < -0.3 is 15.3 Å². The van der Waals surface area contributed by atoms with Crippen molar-refractivity contribution in [3.8, 4) is 0 Å². The van der Waals surface area contributed by atoms with Crippen molar-refractivity contribution in [3.63, 3.8) is 0 Å². The molecule has 3 rings (SSSR count). The number of fused-ring (bicyclic) bond motifs is 3. The Labute approximate surface area is 122 Å². The van der Waals surface area contributed by atoms with E-state index in [0.29, 0.717) is 29.6 Å². The molecule has 0 aliphatic heterocycles. The van der Waals surface area contributed by atoms with Crippen LogP contribution in [0.5, 0.6) is 0 Å². The van der Waals surface area contributed by atoms with Crippen molar-refractivity contribution in [2.24, 2.45) is 41.4 Å². The molecule has 3 heteroatoms. The van der Waals surface area contributed by atoms with Gasteiger partial charge in [-0.1, -0.05) is 27.2 Å². The minimum Gasteiger partial charge on any atom is -0.393 e. The quantitative estimate of drug-likeness (QED) is 0.690. The van der Waals surface area contributed by atoms with Gasteiger partial charge in [-0.25, -0.2) is 0 Å². The van der Waals surface area contributed by atoms with Crippen molar-refractivity contribution < 1.29 is 15.3 Å². The summed E-state index contributed by atoms with van der Waals surface area (Å²) in [6.45, 7) is 6.54. The van der Waals surface area contributed by atoms with E-state index in [0.717, 1.165) is 25.7 Å². The summed E-state index contributed by atoms with van der Waals surface area (Å²) < 4.78 is 0. The highest BCUT2D eigenvalue weighted by Gasteiger charge is 2.56. The van der Waals surface area contributed by atoms with E-state index in [9.17, 15) is 15.3 Å². The molecular formula is C17H30O3. The number of rotatable bonds is 1. The molecule has 0 aromatic rings. The Bertz CT molecular complexity index is 358. The van der Waals surface area contributed by atoms with E-state index in [1.165, 1.54) is 0 Å². The lowest BCUT2D eigenvalue weighted by Crippen LogP contribution is -2.33. The first kappa shape index (κ1) is 14.8. The molecule has 0 saturated heterocycles. The van der Waals surface area contributed by atoms with Gasteiger partial charge in [-0.15, -0.1) is 0 Å². The predicted molar refractivity (Wildman–Crippen MR) is 77.9 cm³/mol. The predicted octanol–water partition coefficient (Wildman–Crippen LogP) is 2.04. The summed E-state index contributed by atoms with van der Waals surface area (Å²) in [4.78, 5) is 0. The second-order valence-electron chi connectivity index (χ2n) is 7.80. The van der Waals surface area contributed by atoms with E-state index in [4.69, 9.17) is 0 Å². The Morgan fingerprint density at radius 2 is 1.45 bits per heavy atom. The third-order valence-electron chi connectivity index (χ3n) is 6.97. The Hall–Kier alpha value is -0.120. The lowest BCUT2D eigenvalue weighted by atomic mass is 9.72. The van der Waals surface area contributed by atoms with Crippen LogP contribution in [0.25, 0.3) is 0 Å². The Morgan fingerprint density at radius 1 is 0.800 bits per heavy atom. The van der Waals surface area contributed by atoms with Gasteiger partial charge in [-0.3, -0.25) is 0 Å². The van der Waals surface area contributed by atoms with Crippen molar-refractivity contribution in [3.05, 3.63) is 0 Å². The van der Waals surface area contributed by atoms with E-state index in [-0.39, 0.29) is 30.1 Å². The molecule has 3 aliphatic carbocycles. The molecule has 0 spiro atoms. The number of hydrogen-bond acceptors (Lipinski definition) is 3. The average molecular weight is 282 g/mol. The van der Waals surface area contributed by atoms with Crippen LogP contribution in [-0.4, -0.2) is 33.6 Å². The lowest BCUT2D eigenvalue weighted by Gasteiger charge is -2.33. The van der Waals surface area contributed by atoms with Crippen molar-refractivity contribution in [1.29, 1.82) is 0 Å². The Morgan fingerprint density at radius 3 is 2.10 bits per heavy atom. The van der Waals surface area contributed by atoms with Gasteiger partial charge in [0, 0.05) is 0 Å². The van der Waals surface area contributed by atoms with Crippen molar-refractivity contribution in [2.45, 2.75) is 64.8 Å². The van der Waals surface area contributed by atoms with Crippen molar-refractivity contribution in [1.82, 2.24) is 0 Å². The molecule has 0 bridgehead atoms. The van der Waals surface area contributed by atoms with Gasteiger partial charge in [0.1, 0.15) is 0 Å². The minimum atomic E-state index is -0.271. The highest BCUT2D eigenvalue weighted by molar-refractivity contribution is 5.05. The van der Waals surface area contributed by atoms with Gasteiger partial charge in [-0.05, 0) is 60.7 Å². The van der Waals surface area contributed by atoms with Crippen LogP contribution in [0, 0.1) is 41.4 Å². The highest BCUT2D eigenvalue weighted by Crippen LogP contribution is 2.57. The third-order valence-corrected chi connectivity index (χ3v) is 6.97. The largest absolute Gasteiger partial charge is 0.393 e. The molecule has 3 aliphatic rings. The van der Waals surface area contributed by atoms with Gasteiger partial charge in [-0.2, -0.15) is 0 Å². The maximum Gasteiger partial charge on any atom is 0.0577 e. The van der Waals surface area contributed by atoms with Crippen molar-refractivity contribution in [2.75, 3.05) is 0 Å². The molecule has 3 N–H and O–H groups in total. The zero-order valence-electron chi connectivity index (χ0n) is 12.9. The van der Waals surface area contributed by atoms with Crippen LogP contribution in [0.4, 0.5) is 0 Å². The topological polar surface area (TPSA) is 60.7 Å². The van der Waals surface area contributed by atoms with Gasteiger partial charge in [0.2, 0.25) is 0 Å². The lowest BCUT2D eigenvalue weighted by molar-refractivity contribution is 0.0207. The first-order valence-corrected chi connectivity index (χ1v) is 8.49. The van der Waals surface area contributed by atoms with E-state index in [2.05, 4.69) is 20.8 Å². The average Bonchev–Trinajstić information content (AvgIpc) is 2.84. The molecule has 116 valence electrons. The van der Waals surface area contributed by atoms with Crippen molar-refractivity contribution >= 4 is 0 Å². The summed E-state index contributed by atoms with van der Waals surface area (Å²) >= 11 is 0. The van der Waals surface area contributed by atoms with Crippen LogP contribution in [0.15, 0.2) is 0 Å². The monoisotopic (exact) mass is 282 g/mol.